The fourth-order valence-electron chi connectivity index (χ4n) is 1.89. The van der Waals surface area contributed by atoms with Crippen molar-refractivity contribution in [3.63, 3.8) is 0 Å². The zero-order valence-corrected chi connectivity index (χ0v) is 10.4. The van der Waals surface area contributed by atoms with Crippen molar-refractivity contribution in [3.8, 4) is 5.75 Å². The zero-order valence-electron chi connectivity index (χ0n) is 9.54. The van der Waals surface area contributed by atoms with Crippen LogP contribution in [-0.2, 0) is 15.4 Å². The van der Waals surface area contributed by atoms with Gasteiger partial charge in [-0.1, -0.05) is 24.3 Å². The fraction of sp³-hybridized carbons (Fsp3) is 0.231. The maximum atomic E-state index is 11.2. The molecule has 1 aliphatic rings. The van der Waals surface area contributed by atoms with Gasteiger partial charge in [-0.2, -0.15) is 0 Å². The van der Waals surface area contributed by atoms with Gasteiger partial charge in [-0.3, -0.25) is 0 Å². The Morgan fingerprint density at radius 1 is 1.17 bits per heavy atom. The smallest absolute Gasteiger partial charge is 0.168 e. The summed E-state index contributed by atoms with van der Waals surface area (Å²) in [6.45, 7) is 1.25. The maximum Gasteiger partial charge on any atom is 0.168 e. The second-order valence-corrected chi connectivity index (χ2v) is 5.15. The lowest BCUT2D eigenvalue weighted by Gasteiger charge is -2.09. The Morgan fingerprint density at radius 3 is 2.56 bits per heavy atom. The number of hydrogen-bond donors (Lipinski definition) is 1. The standard InChI is InChI=1S/C13H12O4S/c14-18(15)13-6-5-12(17-8-9-7-16-9)10-3-1-2-4-11(10)13/h1-6,9,18H,7-8H2. The van der Waals surface area contributed by atoms with E-state index < -0.39 is 10.7 Å². The predicted molar refractivity (Wildman–Crippen MR) is 67.8 cm³/mol. The molecule has 1 unspecified atom stereocenters. The van der Waals surface area contributed by atoms with E-state index in [1.54, 1.807) is 18.2 Å². The first kappa shape index (κ1) is 11.5. The van der Waals surface area contributed by atoms with Gasteiger partial charge in [0.15, 0.2) is 10.7 Å². The van der Waals surface area contributed by atoms with Crippen LogP contribution in [0.25, 0.3) is 10.8 Å². The minimum absolute atomic E-state index is 0.180. The first-order valence-electron chi connectivity index (χ1n) is 5.66. The molecular formula is C13H12O4S. The molecule has 2 aromatic rings. The molecule has 0 spiro atoms. The summed E-state index contributed by atoms with van der Waals surface area (Å²) < 4.78 is 33.1. The van der Waals surface area contributed by atoms with Gasteiger partial charge in [0.05, 0.1) is 11.5 Å². The average molecular weight is 264 g/mol. The Bertz CT molecular complexity index is 651. The molecule has 0 aliphatic carbocycles. The molecule has 0 aromatic heterocycles. The molecule has 0 saturated carbocycles. The fourth-order valence-corrected chi connectivity index (χ4v) is 2.48. The van der Waals surface area contributed by atoms with Gasteiger partial charge in [-0.15, -0.1) is 0 Å². The van der Waals surface area contributed by atoms with Crippen molar-refractivity contribution in [1.82, 2.24) is 0 Å². The Kier molecular flexibility index (Phi) is 2.93. The Morgan fingerprint density at radius 2 is 1.89 bits per heavy atom. The number of rotatable bonds is 4. The van der Waals surface area contributed by atoms with Gasteiger partial charge < -0.3 is 9.47 Å². The first-order valence-corrected chi connectivity index (χ1v) is 6.84. The molecule has 0 radical (unpaired) electrons. The number of hydrogen-bond acceptors (Lipinski definition) is 4. The highest BCUT2D eigenvalue weighted by Gasteiger charge is 2.23. The lowest BCUT2D eigenvalue weighted by atomic mass is 10.1. The van der Waals surface area contributed by atoms with Crippen LogP contribution in [0.1, 0.15) is 0 Å². The molecule has 94 valence electrons. The molecule has 3 rings (SSSR count). The van der Waals surface area contributed by atoms with Crippen molar-refractivity contribution in [1.29, 1.82) is 0 Å². The second-order valence-electron chi connectivity index (χ2n) is 4.15. The highest BCUT2D eigenvalue weighted by atomic mass is 32.2. The largest absolute Gasteiger partial charge is 0.490 e. The monoisotopic (exact) mass is 264 g/mol. The number of thiol groups is 1. The van der Waals surface area contributed by atoms with E-state index >= 15 is 0 Å². The minimum Gasteiger partial charge on any atom is -0.490 e. The van der Waals surface area contributed by atoms with E-state index in [-0.39, 0.29) is 6.10 Å². The van der Waals surface area contributed by atoms with Crippen LogP contribution in [0.15, 0.2) is 41.3 Å². The average Bonchev–Trinajstić information content (AvgIpc) is 3.19. The van der Waals surface area contributed by atoms with Gasteiger partial charge >= 0.3 is 0 Å². The number of benzene rings is 2. The summed E-state index contributed by atoms with van der Waals surface area (Å²) in [6, 6.07) is 10.6. The number of epoxide rings is 1. The lowest BCUT2D eigenvalue weighted by Crippen LogP contribution is -2.04. The molecule has 0 bridgehead atoms. The number of ether oxygens (including phenoxy) is 2. The summed E-state index contributed by atoms with van der Waals surface area (Å²) in [7, 11) is -2.60. The third kappa shape index (κ3) is 2.19. The van der Waals surface area contributed by atoms with Crippen molar-refractivity contribution in [3.05, 3.63) is 36.4 Å². The maximum absolute atomic E-state index is 11.2. The van der Waals surface area contributed by atoms with Crippen LogP contribution in [0.2, 0.25) is 0 Å². The first-order chi connectivity index (χ1) is 8.75. The van der Waals surface area contributed by atoms with Crippen LogP contribution < -0.4 is 4.74 Å². The Labute approximate surface area is 106 Å². The van der Waals surface area contributed by atoms with Gasteiger partial charge in [-0.05, 0) is 12.1 Å². The van der Waals surface area contributed by atoms with Gasteiger partial charge in [0, 0.05) is 10.8 Å². The third-order valence-corrected chi connectivity index (χ3v) is 3.67. The van der Waals surface area contributed by atoms with Crippen LogP contribution in [-0.4, -0.2) is 27.7 Å². The van der Waals surface area contributed by atoms with Crippen LogP contribution >= 0.6 is 0 Å². The molecule has 5 heteroatoms. The Hall–Kier alpha value is -1.59. The van der Waals surface area contributed by atoms with E-state index in [0.29, 0.717) is 22.6 Å². The third-order valence-electron chi connectivity index (χ3n) is 2.88. The van der Waals surface area contributed by atoms with E-state index in [1.807, 2.05) is 18.2 Å². The van der Waals surface area contributed by atoms with E-state index in [0.717, 1.165) is 12.0 Å². The van der Waals surface area contributed by atoms with Crippen LogP contribution in [0.5, 0.6) is 5.75 Å². The highest BCUT2D eigenvalue weighted by Crippen LogP contribution is 2.29. The molecule has 0 amide bonds. The molecular weight excluding hydrogens is 252 g/mol. The van der Waals surface area contributed by atoms with E-state index in [1.165, 1.54) is 0 Å². The molecule has 1 aliphatic heterocycles. The van der Waals surface area contributed by atoms with Crippen molar-refractivity contribution in [2.45, 2.75) is 11.0 Å². The topological polar surface area (TPSA) is 55.9 Å². The normalized spacial score (nSPS) is 18.2. The van der Waals surface area contributed by atoms with E-state index in [4.69, 9.17) is 9.47 Å². The van der Waals surface area contributed by atoms with Crippen LogP contribution in [0, 0.1) is 0 Å². The SMILES string of the molecule is O=[SH](=O)c1ccc(OCC2CO2)c2ccccc12. The summed E-state index contributed by atoms with van der Waals surface area (Å²) in [6.07, 6.45) is 0.180. The summed E-state index contributed by atoms with van der Waals surface area (Å²) in [5, 5.41) is 1.51. The van der Waals surface area contributed by atoms with Gasteiger partial charge in [0.25, 0.3) is 0 Å². The predicted octanol–water partition coefficient (Wildman–Crippen LogP) is 1.59. The van der Waals surface area contributed by atoms with Crippen LogP contribution in [0.4, 0.5) is 0 Å². The van der Waals surface area contributed by atoms with Crippen molar-refractivity contribution >= 4 is 21.5 Å². The molecule has 1 saturated heterocycles. The molecule has 18 heavy (non-hydrogen) atoms. The van der Waals surface area contributed by atoms with Crippen molar-refractivity contribution in [2.24, 2.45) is 0 Å². The Balaban J connectivity index is 2.06. The van der Waals surface area contributed by atoms with Crippen molar-refractivity contribution in [2.75, 3.05) is 13.2 Å². The molecule has 1 atom stereocenters. The molecule has 2 aromatic carbocycles. The van der Waals surface area contributed by atoms with Crippen LogP contribution in [0.3, 0.4) is 0 Å². The van der Waals surface area contributed by atoms with Crippen molar-refractivity contribution < 1.29 is 17.9 Å². The summed E-state index contributed by atoms with van der Waals surface area (Å²) in [4.78, 5) is 0.329. The molecule has 1 heterocycles. The zero-order chi connectivity index (χ0) is 12.5. The summed E-state index contributed by atoms with van der Waals surface area (Å²) in [5.74, 6) is 0.696. The second kappa shape index (κ2) is 4.59. The summed E-state index contributed by atoms with van der Waals surface area (Å²) >= 11 is 0. The number of fused-ring (bicyclic) bond motifs is 1. The minimum atomic E-state index is -2.60. The van der Waals surface area contributed by atoms with E-state index in [2.05, 4.69) is 0 Å². The van der Waals surface area contributed by atoms with E-state index in [9.17, 15) is 8.42 Å². The van der Waals surface area contributed by atoms with Gasteiger partial charge in [-0.25, -0.2) is 8.42 Å². The molecule has 4 nitrogen and oxygen atoms in total. The molecule has 1 fully saturated rings. The van der Waals surface area contributed by atoms with Gasteiger partial charge in [0.2, 0.25) is 0 Å². The lowest BCUT2D eigenvalue weighted by molar-refractivity contribution is 0.265. The summed E-state index contributed by atoms with van der Waals surface area (Å²) in [5.41, 5.74) is 0. The molecule has 0 N–H and O–H groups in total. The quantitative estimate of drug-likeness (QED) is 0.673. The highest BCUT2D eigenvalue weighted by molar-refractivity contribution is 7.72. The van der Waals surface area contributed by atoms with Gasteiger partial charge in [0.1, 0.15) is 18.5 Å².